The van der Waals surface area contributed by atoms with Crippen LogP contribution in [0.1, 0.15) is 32.1 Å². The summed E-state index contributed by atoms with van der Waals surface area (Å²) in [5.74, 6) is 2.77. The predicted octanol–water partition coefficient (Wildman–Crippen LogP) is 23.4. The van der Waals surface area contributed by atoms with E-state index in [1.54, 1.807) is 0 Å². The lowest BCUT2D eigenvalue weighted by Gasteiger charge is -2.34. The fraction of sp³-hybridized carbons (Fsp3) is 0.277. The maximum absolute atomic E-state index is 7.33. The first kappa shape index (κ1) is 78.8. The second-order valence-corrected chi connectivity index (χ2v) is 39.9. The average Bonchev–Trinajstić information content (AvgIpc) is 0.739. The van der Waals surface area contributed by atoms with Crippen molar-refractivity contribution in [2.24, 2.45) is 27.1 Å². The molecule has 2 N–H and O–H groups in total. The number of benzene rings is 12. The minimum absolute atomic E-state index is 0.0284. The molecule has 4 bridgehead atoms. The molecule has 4 aliphatic rings. The summed E-state index contributed by atoms with van der Waals surface area (Å²) in [7, 11) is -23.8. The van der Waals surface area contributed by atoms with E-state index in [1.165, 1.54) is 0 Å². The molecule has 12 aromatic carbocycles. The fourth-order valence-electron chi connectivity index (χ4n) is 13.1. The molecule has 30 heteroatoms. The maximum atomic E-state index is 7.33. The Hall–Kier alpha value is -8.10. The first-order valence-electron chi connectivity index (χ1n) is 38.1. The number of ether oxygens (including phenoxy) is 6. The number of rotatable bonds is 22. The van der Waals surface area contributed by atoms with E-state index in [0.717, 1.165) is 83.9 Å². The monoisotopic (exact) mass is 1640 g/mol. The molecule has 0 aliphatic carbocycles. The maximum Gasteiger partial charge on any atom is 0.457 e. The van der Waals surface area contributed by atoms with Gasteiger partial charge in [0.2, 0.25) is 0 Å². The lowest BCUT2D eigenvalue weighted by Crippen LogP contribution is -2.19. The van der Waals surface area contributed by atoms with Crippen LogP contribution >= 0.6 is 45.8 Å². The van der Waals surface area contributed by atoms with Crippen molar-refractivity contribution in [1.29, 1.82) is 0 Å². The first-order chi connectivity index (χ1) is 55.6. The summed E-state index contributed by atoms with van der Waals surface area (Å²) >= 11 is 0. The van der Waals surface area contributed by atoms with Crippen LogP contribution in [0, 0.1) is 0 Å². The Balaban J connectivity index is 0.736. The molecular formula is C83H90N8O16P6. The SMILES string of the molecule is c1ccc2cc(OP34=NP(NCCCCCCCNP56=NP(Oc7ccc8ccccc8c7)(Oc7ccc8ccccc8c7)=NP(Oc7ccc8ccccc8c7)(=N5)OCCOCCOCCOCCO6)(=NP(Oc5ccc6ccccc6c5)(Oc5ccc6ccccc6c5)=N3)OCCOCCOCCOCCO4)ccc2c1. The van der Waals surface area contributed by atoms with Crippen LogP contribution in [-0.4, -0.2) is 119 Å². The van der Waals surface area contributed by atoms with Gasteiger partial charge in [-0.05, 0) is 150 Å². The topological polar surface area (TPSA) is 246 Å². The number of unbranched alkanes of at least 4 members (excludes halogenated alkanes) is 4. The van der Waals surface area contributed by atoms with E-state index >= 15 is 0 Å². The second kappa shape index (κ2) is 37.7. The summed E-state index contributed by atoms with van der Waals surface area (Å²) in [5, 5.41) is 19.4. The third-order valence-corrected chi connectivity index (χ3v) is 35.7. The van der Waals surface area contributed by atoms with Gasteiger partial charge in [0.1, 0.15) is 34.5 Å². The van der Waals surface area contributed by atoms with Gasteiger partial charge >= 0.3 is 30.6 Å². The van der Waals surface area contributed by atoms with Gasteiger partial charge < -0.3 is 64.6 Å². The van der Waals surface area contributed by atoms with Crippen LogP contribution in [0.2, 0.25) is 0 Å². The molecule has 0 saturated carbocycles. The Morgan fingerprint density at radius 3 is 0.708 bits per heavy atom. The van der Waals surface area contributed by atoms with E-state index in [9.17, 15) is 0 Å². The molecule has 4 aliphatic heterocycles. The van der Waals surface area contributed by atoms with E-state index in [1.807, 2.05) is 218 Å². The van der Waals surface area contributed by atoms with Gasteiger partial charge in [-0.15, -0.1) is 27.1 Å². The molecule has 4 heterocycles. The van der Waals surface area contributed by atoms with Crippen molar-refractivity contribution in [2.75, 3.05) is 119 Å². The Morgan fingerprint density at radius 1 is 0.221 bits per heavy atom. The minimum Gasteiger partial charge on any atom is -0.422 e. The molecule has 4 atom stereocenters. The molecule has 0 aromatic heterocycles. The van der Waals surface area contributed by atoms with Crippen molar-refractivity contribution in [2.45, 2.75) is 32.1 Å². The van der Waals surface area contributed by atoms with Crippen LogP contribution in [0.5, 0.6) is 34.5 Å². The van der Waals surface area contributed by atoms with Gasteiger partial charge in [-0.3, -0.25) is 9.05 Å². The Morgan fingerprint density at radius 2 is 0.442 bits per heavy atom. The van der Waals surface area contributed by atoms with Gasteiger partial charge in [0, 0.05) is 13.1 Å². The molecule has 24 nitrogen and oxygen atoms in total. The standard InChI is InChI=1S/C83H90N8O16P6/c1(2-16-42-84-108-86-110(102-78-36-30-66-18-4-10-24-72(66)60-78,100-58-54-96-50-46-92-44-48-94-52-56-98-108)90-112(88-108,104-80-38-32-68-20-6-12-26-74(68)62-80)105-81-39-33-69-21-7-13-27-75(69)63-81)3-17-43-85-109-87-111(103-79-37-31-67-19-5-11-25-73(67)61-79,101-59-55-97-51-47-93-45-49-95-53-57-99-109)91-113(89-109,106-82-40-34-70-22-8-14-28-76(70)64-82)107-83-41-35-71-23-9-15-29-77(71)65-83/h4-15,18-41,60-65,84-85H,1-3,16-17,42-59H2. The van der Waals surface area contributed by atoms with Gasteiger partial charge in [-0.2, -0.15) is 0 Å². The summed E-state index contributed by atoms with van der Waals surface area (Å²) in [5.41, 5.74) is 0. The van der Waals surface area contributed by atoms with Crippen molar-refractivity contribution in [1.82, 2.24) is 10.2 Å². The first-order valence-corrected chi connectivity index (χ1v) is 47.5. The highest BCUT2D eigenvalue weighted by atomic mass is 31.3. The average molecular weight is 1640 g/mol. The molecule has 113 heavy (non-hydrogen) atoms. The van der Waals surface area contributed by atoms with Crippen LogP contribution in [0.4, 0.5) is 0 Å². The van der Waals surface area contributed by atoms with Crippen molar-refractivity contribution in [3.8, 4) is 34.5 Å². The van der Waals surface area contributed by atoms with Crippen LogP contribution in [0.3, 0.4) is 0 Å². The third-order valence-electron chi connectivity index (χ3n) is 18.5. The summed E-state index contributed by atoms with van der Waals surface area (Å²) < 4.78 is 142. The smallest absolute Gasteiger partial charge is 0.422 e. The zero-order valence-corrected chi connectivity index (χ0v) is 67.8. The predicted molar refractivity (Wildman–Crippen MR) is 451 cm³/mol. The molecule has 4 unspecified atom stereocenters. The van der Waals surface area contributed by atoms with Crippen LogP contribution in [0.15, 0.2) is 282 Å². The molecule has 0 fully saturated rings. The normalized spacial score (nSPS) is 22.1. The van der Waals surface area contributed by atoms with Crippen LogP contribution < -0.4 is 37.3 Å². The molecule has 0 amide bonds. The minimum atomic E-state index is -4.10. The molecule has 588 valence electrons. The molecule has 0 saturated heterocycles. The van der Waals surface area contributed by atoms with Gasteiger partial charge in [0.25, 0.3) is 15.2 Å². The molecule has 0 spiro atoms. The summed E-state index contributed by atoms with van der Waals surface area (Å²) in [6.45, 7) is 4.47. The quantitative estimate of drug-likeness (QED) is 0.0473. The van der Waals surface area contributed by atoms with E-state index in [4.69, 9.17) is 101 Å². The Kier molecular flexibility index (Phi) is 26.3. The van der Waals surface area contributed by atoms with Crippen LogP contribution in [-0.2, 0) is 46.5 Å². The second-order valence-electron chi connectivity index (χ2n) is 26.8. The zero-order valence-electron chi connectivity index (χ0n) is 62.4. The number of hydrogen-bond donors (Lipinski definition) is 2. The van der Waals surface area contributed by atoms with E-state index < -0.39 is 45.8 Å². The van der Waals surface area contributed by atoms with Gasteiger partial charge in [-0.25, -0.2) is 10.2 Å². The zero-order chi connectivity index (χ0) is 76.3. The fourth-order valence-corrected chi connectivity index (χ4v) is 32.4. The van der Waals surface area contributed by atoms with Crippen molar-refractivity contribution in [3.05, 3.63) is 255 Å². The Bertz CT molecular complexity index is 5190. The summed E-state index contributed by atoms with van der Waals surface area (Å²) in [6, 6.07) is 83.8. The summed E-state index contributed by atoms with van der Waals surface area (Å²) in [4.78, 5) is 0. The van der Waals surface area contributed by atoms with Gasteiger partial charge in [-0.1, -0.05) is 201 Å². The summed E-state index contributed by atoms with van der Waals surface area (Å²) in [6.07, 6.45) is 3.73. The van der Waals surface area contributed by atoms with Crippen LogP contribution in [0.25, 0.3) is 64.6 Å². The number of hydrogen-bond acceptors (Lipinski definition) is 24. The lowest BCUT2D eigenvalue weighted by atomic mass is 10.1. The molecule has 16 rings (SSSR count). The molecular weight excluding hydrogens is 1550 g/mol. The van der Waals surface area contributed by atoms with Crippen molar-refractivity contribution in [3.63, 3.8) is 0 Å². The highest BCUT2D eigenvalue weighted by Crippen LogP contribution is 2.80. The molecule has 0 radical (unpaired) electrons. The number of fused-ring (bicyclic) bond motifs is 8. The van der Waals surface area contributed by atoms with E-state index in [0.29, 0.717) is 113 Å². The number of nitrogens with one attached hydrogen (secondary N) is 2. The van der Waals surface area contributed by atoms with Gasteiger partial charge in [0.05, 0.1) is 106 Å². The highest BCUT2D eigenvalue weighted by molar-refractivity contribution is 7.80. The largest absolute Gasteiger partial charge is 0.457 e. The number of nitrogens with zero attached hydrogens (tertiary/aromatic N) is 6. The highest BCUT2D eigenvalue weighted by Gasteiger charge is 2.47. The van der Waals surface area contributed by atoms with Gasteiger partial charge in [0.15, 0.2) is 0 Å². The molecule has 12 aromatic rings. The third kappa shape index (κ3) is 20.8. The Labute approximate surface area is 657 Å². The van der Waals surface area contributed by atoms with Crippen molar-refractivity contribution >= 4 is 110 Å². The van der Waals surface area contributed by atoms with Crippen molar-refractivity contribution < 1.29 is 73.7 Å². The van der Waals surface area contributed by atoms with E-state index in [-0.39, 0.29) is 52.9 Å². The lowest BCUT2D eigenvalue weighted by molar-refractivity contribution is 0.00494. The van der Waals surface area contributed by atoms with E-state index in [2.05, 4.69) is 46.6 Å².